The zero-order valence-electron chi connectivity index (χ0n) is 10.5. The Labute approximate surface area is 110 Å². The highest BCUT2D eigenvalue weighted by atomic mass is 19.4. The van der Waals surface area contributed by atoms with E-state index >= 15 is 0 Å². The molecule has 0 aliphatic rings. The molecule has 1 rings (SSSR count). The van der Waals surface area contributed by atoms with Gasteiger partial charge in [0.25, 0.3) is 0 Å². The Morgan fingerprint density at radius 2 is 1.75 bits per heavy atom. The molecule has 1 amide bonds. The fourth-order valence-corrected chi connectivity index (χ4v) is 1.62. The third kappa shape index (κ3) is 3.23. The zero-order valence-corrected chi connectivity index (χ0v) is 10.5. The van der Waals surface area contributed by atoms with Crippen LogP contribution >= 0.6 is 0 Å². The minimum absolute atomic E-state index is 0.126. The van der Waals surface area contributed by atoms with Gasteiger partial charge in [-0.15, -0.1) is 0 Å². The highest BCUT2D eigenvalue weighted by Gasteiger charge is 2.58. The molecule has 0 spiro atoms. The lowest BCUT2D eigenvalue weighted by molar-refractivity contribution is -0.289. The quantitative estimate of drug-likeness (QED) is 0.848. The molecule has 0 saturated carbocycles. The molecule has 20 heavy (non-hydrogen) atoms. The van der Waals surface area contributed by atoms with Gasteiger partial charge in [0.2, 0.25) is 5.91 Å². The summed E-state index contributed by atoms with van der Waals surface area (Å²) in [6.45, 7) is 2.54. The molecule has 0 saturated heterocycles. The van der Waals surface area contributed by atoms with Crippen molar-refractivity contribution in [3.05, 3.63) is 35.1 Å². The average Bonchev–Trinajstić information content (AvgIpc) is 2.25. The lowest BCUT2D eigenvalue weighted by Gasteiger charge is -2.21. The zero-order chi connectivity index (χ0) is 15.7. The summed E-state index contributed by atoms with van der Waals surface area (Å²) in [5.41, 5.74) is -1.66. The van der Waals surface area contributed by atoms with Crippen molar-refractivity contribution in [2.24, 2.45) is 0 Å². The molecule has 0 radical (unpaired) electrons. The summed E-state index contributed by atoms with van der Waals surface area (Å²) in [5, 5.41) is 2.30. The fourth-order valence-electron chi connectivity index (χ4n) is 1.62. The van der Waals surface area contributed by atoms with E-state index < -0.39 is 35.4 Å². The molecule has 1 N–H and O–H groups in total. The standard InChI is InChI=1S/C12H11F6NO/c1-6(19-7(2)20)9-4-3-8(5-10(9)13)11(14,15)12(16,17)18/h3-6H,1-2H3,(H,19,20). The molecule has 1 unspecified atom stereocenters. The molecule has 8 heteroatoms. The average molecular weight is 299 g/mol. The van der Waals surface area contributed by atoms with Gasteiger partial charge in [-0.3, -0.25) is 4.79 Å². The Hall–Kier alpha value is -1.73. The Morgan fingerprint density at radius 3 is 2.15 bits per heavy atom. The fraction of sp³-hybridized carbons (Fsp3) is 0.417. The Morgan fingerprint density at radius 1 is 1.20 bits per heavy atom. The third-order valence-electron chi connectivity index (χ3n) is 2.61. The van der Waals surface area contributed by atoms with E-state index in [1.807, 2.05) is 0 Å². The molecule has 0 aromatic heterocycles. The molecule has 1 aromatic carbocycles. The Kier molecular flexibility index (Phi) is 4.36. The number of amides is 1. The first-order valence-corrected chi connectivity index (χ1v) is 5.48. The van der Waals surface area contributed by atoms with E-state index in [-0.39, 0.29) is 11.6 Å². The van der Waals surface area contributed by atoms with Crippen LogP contribution in [0.5, 0.6) is 0 Å². The second kappa shape index (κ2) is 5.34. The van der Waals surface area contributed by atoms with Gasteiger partial charge in [0.05, 0.1) is 6.04 Å². The van der Waals surface area contributed by atoms with Crippen LogP contribution in [0, 0.1) is 5.82 Å². The minimum atomic E-state index is -5.80. The second-order valence-corrected chi connectivity index (χ2v) is 4.23. The molecule has 0 heterocycles. The van der Waals surface area contributed by atoms with Gasteiger partial charge >= 0.3 is 12.1 Å². The first kappa shape index (κ1) is 16.3. The van der Waals surface area contributed by atoms with Gasteiger partial charge in [-0.2, -0.15) is 22.0 Å². The molecule has 0 aliphatic heterocycles. The second-order valence-electron chi connectivity index (χ2n) is 4.23. The van der Waals surface area contributed by atoms with Gasteiger partial charge in [0.1, 0.15) is 5.82 Å². The largest absolute Gasteiger partial charge is 0.458 e. The monoisotopic (exact) mass is 299 g/mol. The topological polar surface area (TPSA) is 29.1 Å². The maximum absolute atomic E-state index is 13.6. The van der Waals surface area contributed by atoms with Gasteiger partial charge in [0, 0.05) is 18.1 Å². The van der Waals surface area contributed by atoms with Crippen molar-refractivity contribution in [3.63, 3.8) is 0 Å². The van der Waals surface area contributed by atoms with Crippen LogP contribution in [0.15, 0.2) is 18.2 Å². The third-order valence-corrected chi connectivity index (χ3v) is 2.61. The highest BCUT2D eigenvalue weighted by Crippen LogP contribution is 2.44. The van der Waals surface area contributed by atoms with Crippen molar-refractivity contribution in [1.29, 1.82) is 0 Å². The van der Waals surface area contributed by atoms with Crippen LogP contribution in [-0.2, 0) is 10.7 Å². The Balaban J connectivity index is 3.14. The van der Waals surface area contributed by atoms with Crippen molar-refractivity contribution in [3.8, 4) is 0 Å². The molecule has 2 nitrogen and oxygen atoms in total. The van der Waals surface area contributed by atoms with E-state index in [0.29, 0.717) is 6.07 Å². The summed E-state index contributed by atoms with van der Waals surface area (Å²) >= 11 is 0. The molecular formula is C12H11F6NO. The van der Waals surface area contributed by atoms with Crippen LogP contribution < -0.4 is 5.32 Å². The lowest BCUT2D eigenvalue weighted by atomic mass is 10.0. The Bertz CT molecular complexity index is 511. The first-order chi connectivity index (χ1) is 8.96. The SMILES string of the molecule is CC(=O)NC(C)c1ccc(C(F)(F)C(F)(F)F)cc1F. The van der Waals surface area contributed by atoms with E-state index in [9.17, 15) is 31.1 Å². The van der Waals surface area contributed by atoms with Crippen molar-refractivity contribution < 1.29 is 31.1 Å². The van der Waals surface area contributed by atoms with Gasteiger partial charge in [0.15, 0.2) is 0 Å². The van der Waals surface area contributed by atoms with Crippen molar-refractivity contribution in [2.75, 3.05) is 0 Å². The van der Waals surface area contributed by atoms with Gasteiger partial charge < -0.3 is 5.32 Å². The van der Waals surface area contributed by atoms with Gasteiger partial charge in [-0.25, -0.2) is 4.39 Å². The van der Waals surface area contributed by atoms with Crippen molar-refractivity contribution >= 4 is 5.91 Å². The summed E-state index contributed by atoms with van der Waals surface area (Å²) in [7, 11) is 0. The number of alkyl halides is 5. The summed E-state index contributed by atoms with van der Waals surface area (Å²) in [4.78, 5) is 10.8. The van der Waals surface area contributed by atoms with Crippen LogP contribution in [0.2, 0.25) is 0 Å². The maximum Gasteiger partial charge on any atom is 0.458 e. The number of hydrogen-bond donors (Lipinski definition) is 1. The first-order valence-electron chi connectivity index (χ1n) is 5.48. The molecule has 1 aromatic rings. The van der Waals surface area contributed by atoms with E-state index in [1.54, 1.807) is 0 Å². The van der Waals surface area contributed by atoms with Gasteiger partial charge in [-0.05, 0) is 13.0 Å². The number of carbonyl (C=O) groups excluding carboxylic acids is 1. The molecular weight excluding hydrogens is 288 g/mol. The van der Waals surface area contributed by atoms with E-state index in [1.165, 1.54) is 13.8 Å². The molecule has 112 valence electrons. The van der Waals surface area contributed by atoms with Gasteiger partial charge in [-0.1, -0.05) is 12.1 Å². The van der Waals surface area contributed by atoms with Crippen molar-refractivity contribution in [1.82, 2.24) is 5.32 Å². The number of nitrogens with one attached hydrogen (secondary N) is 1. The summed E-state index contributed by atoms with van der Waals surface area (Å²) in [6.07, 6.45) is -5.80. The lowest BCUT2D eigenvalue weighted by Crippen LogP contribution is -2.34. The van der Waals surface area contributed by atoms with Crippen molar-refractivity contribution in [2.45, 2.75) is 32.0 Å². The number of halogens is 6. The molecule has 0 aliphatic carbocycles. The smallest absolute Gasteiger partial charge is 0.350 e. The number of carbonyl (C=O) groups is 1. The van der Waals surface area contributed by atoms with Crippen LogP contribution in [-0.4, -0.2) is 12.1 Å². The van der Waals surface area contributed by atoms with E-state index in [0.717, 1.165) is 6.07 Å². The number of hydrogen-bond acceptors (Lipinski definition) is 1. The predicted molar refractivity (Wildman–Crippen MR) is 58.6 cm³/mol. The van der Waals surface area contributed by atoms with E-state index in [4.69, 9.17) is 0 Å². The molecule has 0 bridgehead atoms. The summed E-state index contributed by atoms with van der Waals surface area (Å²) < 4.78 is 76.1. The van der Waals surface area contributed by atoms with Crippen LogP contribution in [0.3, 0.4) is 0 Å². The van der Waals surface area contributed by atoms with Crippen LogP contribution in [0.25, 0.3) is 0 Å². The number of rotatable bonds is 3. The number of benzene rings is 1. The normalized spacial score (nSPS) is 14.0. The molecule has 0 fully saturated rings. The molecule has 1 atom stereocenters. The summed E-state index contributed by atoms with van der Waals surface area (Å²) in [6, 6.07) is 0.567. The maximum atomic E-state index is 13.6. The highest BCUT2D eigenvalue weighted by molar-refractivity contribution is 5.73. The summed E-state index contributed by atoms with van der Waals surface area (Å²) in [5.74, 6) is -6.86. The minimum Gasteiger partial charge on any atom is -0.350 e. The van der Waals surface area contributed by atoms with Crippen LogP contribution in [0.4, 0.5) is 26.3 Å². The van der Waals surface area contributed by atoms with E-state index in [2.05, 4.69) is 5.32 Å². The van der Waals surface area contributed by atoms with Crippen LogP contribution in [0.1, 0.15) is 31.0 Å². The predicted octanol–water partition coefficient (Wildman–Crippen LogP) is 3.68.